The number of aliphatic hydroxyl groups is 2. The first-order valence-corrected chi connectivity index (χ1v) is 16.8. The summed E-state index contributed by atoms with van der Waals surface area (Å²) in [5, 5.41) is 24.1. The number of H-pyrrole nitrogens is 1. The maximum absolute atomic E-state index is 12.7. The lowest BCUT2D eigenvalue weighted by atomic mass is 9.53. The van der Waals surface area contributed by atoms with E-state index < -0.39 is 6.10 Å². The van der Waals surface area contributed by atoms with E-state index in [1.165, 1.54) is 60.7 Å². The lowest BCUT2D eigenvalue weighted by Crippen LogP contribution is -3.11. The van der Waals surface area contributed by atoms with Gasteiger partial charge in [-0.2, -0.15) is 0 Å². The van der Waals surface area contributed by atoms with Crippen LogP contribution in [0.25, 0.3) is 16.6 Å². The van der Waals surface area contributed by atoms with Crippen molar-refractivity contribution in [3.8, 4) is 0 Å². The molecule has 0 radical (unpaired) electrons. The van der Waals surface area contributed by atoms with Crippen molar-refractivity contribution in [3.05, 3.63) is 106 Å². The van der Waals surface area contributed by atoms with Gasteiger partial charge in [-0.05, 0) is 66.1 Å². The summed E-state index contributed by atoms with van der Waals surface area (Å²) in [6.07, 6.45) is 10.6. The molecule has 2 aromatic carbocycles. The van der Waals surface area contributed by atoms with Crippen LogP contribution in [-0.4, -0.2) is 71.1 Å². The Morgan fingerprint density at radius 2 is 2.00 bits per heavy atom. The number of para-hydroxylation sites is 2. The van der Waals surface area contributed by atoms with E-state index >= 15 is 0 Å². The highest BCUT2D eigenvalue weighted by molar-refractivity contribution is 5.89. The van der Waals surface area contributed by atoms with E-state index in [2.05, 4.69) is 88.6 Å². The average molecular weight is 586 g/mol. The van der Waals surface area contributed by atoms with Gasteiger partial charge in [-0.15, -0.1) is 0 Å². The first-order valence-electron chi connectivity index (χ1n) is 16.8. The lowest BCUT2D eigenvalue weighted by molar-refractivity contribution is -0.822. The van der Waals surface area contributed by atoms with E-state index in [4.69, 9.17) is 0 Å². The number of rotatable bonds is 3. The Bertz CT molecular complexity index is 1860. The van der Waals surface area contributed by atoms with Crippen molar-refractivity contribution in [3.63, 3.8) is 0 Å². The summed E-state index contributed by atoms with van der Waals surface area (Å²) in [6, 6.07) is 18.5. The number of aromatic nitrogens is 1. The number of quaternary nitrogens is 1. The van der Waals surface area contributed by atoms with Gasteiger partial charge < -0.3 is 20.1 Å². The molecule has 1 saturated carbocycles. The summed E-state index contributed by atoms with van der Waals surface area (Å²) in [6.45, 7) is 6.44. The normalized spacial score (nSPS) is 35.8. The second kappa shape index (κ2) is 9.07. The Labute approximate surface area is 258 Å². The molecule has 0 amide bonds. The largest absolute Gasteiger partial charge is 0.392 e. The van der Waals surface area contributed by atoms with E-state index in [0.717, 1.165) is 57.4 Å². The fraction of sp³-hybridized carbons (Fsp3) is 0.421. The Morgan fingerprint density at radius 1 is 1.14 bits per heavy atom. The molecule has 44 heavy (non-hydrogen) atoms. The van der Waals surface area contributed by atoms with Crippen LogP contribution in [0.4, 0.5) is 5.69 Å². The van der Waals surface area contributed by atoms with Crippen LogP contribution < -0.4 is 9.80 Å². The standard InChI is InChI=1S/C38H40N4O2/c1-2-22-19-40-14-11-25-24-7-3-5-9-30(24)39-35(25)32(40)17-26(22)28-21-42-31-10-6-4-8-29(31)38-13-15-41-20-23(12-16-43)27(18-33(38)41)34(36(28)44)37(38)42/h3-10,12,17,21,27,33-34,36-37,39,43-44H,2,11,13-16,18-20H2,1H3/p+1. The molecular weight excluding hydrogens is 544 g/mol. The van der Waals surface area contributed by atoms with E-state index in [9.17, 15) is 10.2 Å². The molecule has 6 nitrogen and oxygen atoms in total. The van der Waals surface area contributed by atoms with Crippen molar-refractivity contribution in [2.45, 2.75) is 56.2 Å². The Balaban J connectivity index is 1.17. The number of allylic oxidation sites excluding steroid dienone is 1. The number of hydrogen-bond acceptors (Lipinski definition) is 4. The molecule has 6 heteroatoms. The van der Waals surface area contributed by atoms with Crippen molar-refractivity contribution in [1.82, 2.24) is 9.88 Å². The highest BCUT2D eigenvalue weighted by Gasteiger charge is 2.69. The molecule has 7 unspecified atom stereocenters. The van der Waals surface area contributed by atoms with Crippen LogP contribution in [-0.2, 0) is 11.8 Å². The zero-order chi connectivity index (χ0) is 29.3. The smallest absolute Gasteiger partial charge is 0.156 e. The molecule has 7 atom stereocenters. The lowest BCUT2D eigenvalue weighted by Gasteiger charge is -2.59. The molecule has 4 N–H and O–H groups in total. The van der Waals surface area contributed by atoms with Crippen LogP contribution in [0.5, 0.6) is 0 Å². The zero-order valence-corrected chi connectivity index (χ0v) is 25.4. The Hall–Kier alpha value is -3.42. The molecule has 3 aromatic rings. The van der Waals surface area contributed by atoms with Crippen molar-refractivity contribution in [1.29, 1.82) is 0 Å². The summed E-state index contributed by atoms with van der Waals surface area (Å²) >= 11 is 0. The van der Waals surface area contributed by atoms with Crippen molar-refractivity contribution in [2.75, 3.05) is 37.7 Å². The van der Waals surface area contributed by atoms with E-state index in [1.807, 2.05) is 0 Å². The van der Waals surface area contributed by atoms with E-state index in [0.29, 0.717) is 6.04 Å². The Kier molecular flexibility index (Phi) is 5.33. The quantitative estimate of drug-likeness (QED) is 0.354. The summed E-state index contributed by atoms with van der Waals surface area (Å²) < 4.78 is 0. The number of anilines is 1. The predicted octanol–water partition coefficient (Wildman–Crippen LogP) is 3.70. The van der Waals surface area contributed by atoms with Gasteiger partial charge in [0.15, 0.2) is 5.70 Å². The van der Waals surface area contributed by atoms with Crippen molar-refractivity contribution in [2.24, 2.45) is 11.8 Å². The monoisotopic (exact) mass is 585 g/mol. The number of fused-ring (bicyclic) bond motifs is 9. The van der Waals surface area contributed by atoms with E-state index in [-0.39, 0.29) is 29.9 Å². The molecule has 3 fully saturated rings. The van der Waals surface area contributed by atoms with E-state index in [1.54, 1.807) is 0 Å². The molecule has 7 aliphatic rings. The second-order valence-corrected chi connectivity index (χ2v) is 14.3. The van der Waals surface area contributed by atoms with Crippen LogP contribution in [0.15, 0.2) is 89.2 Å². The maximum Gasteiger partial charge on any atom is 0.156 e. The molecule has 2 saturated heterocycles. The minimum absolute atomic E-state index is 0.0437. The van der Waals surface area contributed by atoms with Gasteiger partial charge in [0.2, 0.25) is 0 Å². The third kappa shape index (κ3) is 3.10. The first kappa shape index (κ1) is 25.9. The third-order valence-electron chi connectivity index (χ3n) is 12.8. The second-order valence-electron chi connectivity index (χ2n) is 14.3. The van der Waals surface area contributed by atoms with Crippen LogP contribution in [0, 0.1) is 11.8 Å². The molecule has 10 rings (SSSR count). The third-order valence-corrected chi connectivity index (χ3v) is 12.8. The fourth-order valence-corrected chi connectivity index (χ4v) is 11.1. The van der Waals surface area contributed by atoms with Gasteiger partial charge in [-0.25, -0.2) is 0 Å². The summed E-state index contributed by atoms with van der Waals surface area (Å²) in [5.74, 6) is 0.357. The highest BCUT2D eigenvalue weighted by atomic mass is 16.3. The van der Waals surface area contributed by atoms with Gasteiger partial charge in [0, 0.05) is 64.8 Å². The number of benzene rings is 2. The first-order chi connectivity index (χ1) is 21.6. The Morgan fingerprint density at radius 3 is 2.89 bits per heavy atom. The van der Waals surface area contributed by atoms with Crippen LogP contribution in [0.2, 0.25) is 0 Å². The molecule has 2 bridgehead atoms. The number of nitrogens with one attached hydrogen (secondary N) is 2. The molecular formula is C38H41N4O2+. The number of nitrogens with zero attached hydrogens (tertiary/aromatic N) is 2. The van der Waals surface area contributed by atoms with Crippen LogP contribution >= 0.6 is 0 Å². The average Bonchev–Trinajstić information content (AvgIpc) is 3.73. The number of aliphatic hydroxyl groups excluding tert-OH is 2. The fourth-order valence-electron chi connectivity index (χ4n) is 11.1. The SMILES string of the molecule is CCC1=C(C2=CN3c4ccccc4C45CCN6CC(=CCO)C(CC64)C(C2O)C35)C=C2c3[nH]c4ccccc4c3CC[NH+]2C1. The molecule has 6 aliphatic heterocycles. The van der Waals surface area contributed by atoms with Gasteiger partial charge >= 0.3 is 0 Å². The van der Waals surface area contributed by atoms with Crippen LogP contribution in [0.1, 0.15) is 43.0 Å². The molecule has 7 heterocycles. The summed E-state index contributed by atoms with van der Waals surface area (Å²) in [5.41, 5.74) is 13.3. The molecule has 1 spiro atoms. The minimum atomic E-state index is -0.552. The van der Waals surface area contributed by atoms with Gasteiger partial charge in [0.25, 0.3) is 0 Å². The molecule has 1 aliphatic carbocycles. The summed E-state index contributed by atoms with van der Waals surface area (Å²) in [4.78, 5) is 10.6. The molecule has 1 aromatic heterocycles. The van der Waals surface area contributed by atoms with Crippen molar-refractivity contribution < 1.29 is 15.1 Å². The van der Waals surface area contributed by atoms with Crippen LogP contribution in [0.3, 0.4) is 0 Å². The number of aromatic amines is 1. The van der Waals surface area contributed by atoms with Gasteiger partial charge in [0.1, 0.15) is 12.2 Å². The topological polar surface area (TPSA) is 67.2 Å². The van der Waals surface area contributed by atoms with Crippen molar-refractivity contribution >= 4 is 22.3 Å². The van der Waals surface area contributed by atoms with Gasteiger partial charge in [-0.1, -0.05) is 55.0 Å². The maximum atomic E-state index is 12.7. The van der Waals surface area contributed by atoms with Gasteiger partial charge in [-0.3, -0.25) is 9.80 Å². The van der Waals surface area contributed by atoms with Gasteiger partial charge in [0.05, 0.1) is 25.3 Å². The summed E-state index contributed by atoms with van der Waals surface area (Å²) in [7, 11) is 0. The predicted molar refractivity (Wildman–Crippen MR) is 173 cm³/mol. The highest BCUT2D eigenvalue weighted by Crippen LogP contribution is 2.65. The number of piperidine rings is 1. The molecule has 224 valence electrons. The minimum Gasteiger partial charge on any atom is -0.392 e. The number of hydrogen-bond donors (Lipinski definition) is 4. The zero-order valence-electron chi connectivity index (χ0n) is 25.4.